The van der Waals surface area contributed by atoms with Crippen molar-refractivity contribution in [2.75, 3.05) is 6.54 Å². The van der Waals surface area contributed by atoms with Crippen molar-refractivity contribution in [1.82, 2.24) is 0 Å². The number of allylic oxidation sites excluding steroid dienone is 1. The van der Waals surface area contributed by atoms with E-state index in [1.165, 1.54) is 0 Å². The number of unbranched alkanes of at least 4 members (excludes halogenated alkanes) is 1. The molecule has 0 saturated carbocycles. The molecule has 4 N–H and O–H groups in total. The average Bonchev–Trinajstić information content (AvgIpc) is 2.03. The molecule has 0 heterocycles. The number of hydrogen-bond acceptors (Lipinski definition) is 1. The Morgan fingerprint density at radius 2 is 2.27 bits per heavy atom. The standard InChI is InChI=1S/C8H17N3/c1-3-5-6-7-11(10)8(9)4-2/h3,9H,1,4-7,10H2,2H3/p+1. The number of nitrogens with two attached hydrogens (primary N) is 2. The first-order chi connectivity index (χ1) is 5.22. The number of rotatable bonds is 5. The van der Waals surface area contributed by atoms with Crippen LogP contribution in [0.5, 0.6) is 0 Å². The third-order valence-electron chi connectivity index (χ3n) is 1.54. The highest BCUT2D eigenvalue weighted by Crippen LogP contribution is 1.88. The Balaban J connectivity index is 3.66. The van der Waals surface area contributed by atoms with Crippen LogP contribution in [0.3, 0.4) is 0 Å². The summed E-state index contributed by atoms with van der Waals surface area (Å²) in [5, 5.41) is 0. The van der Waals surface area contributed by atoms with Crippen LogP contribution in [-0.4, -0.2) is 17.1 Å². The van der Waals surface area contributed by atoms with E-state index in [1.54, 1.807) is 4.68 Å². The zero-order valence-corrected chi connectivity index (χ0v) is 7.21. The summed E-state index contributed by atoms with van der Waals surface area (Å²) in [7, 11) is 0. The van der Waals surface area contributed by atoms with E-state index in [0.29, 0.717) is 0 Å². The molecule has 0 aliphatic heterocycles. The van der Waals surface area contributed by atoms with Gasteiger partial charge < -0.3 is 0 Å². The Bertz CT molecular complexity index is 149. The number of hydrogen-bond donors (Lipinski definition) is 2. The molecule has 0 rings (SSSR count). The predicted molar refractivity (Wildman–Crippen MR) is 48.2 cm³/mol. The van der Waals surface area contributed by atoms with E-state index in [-0.39, 0.29) is 0 Å². The largest absolute Gasteiger partial charge is 0.289 e. The van der Waals surface area contributed by atoms with Crippen LogP contribution in [0.2, 0.25) is 0 Å². The second-order valence-corrected chi connectivity index (χ2v) is 2.47. The van der Waals surface area contributed by atoms with Crippen molar-refractivity contribution >= 4 is 5.84 Å². The maximum atomic E-state index is 5.61. The Kier molecular flexibility index (Phi) is 5.25. The molecule has 0 bridgehead atoms. The third-order valence-corrected chi connectivity index (χ3v) is 1.54. The van der Waals surface area contributed by atoms with Crippen LogP contribution < -0.4 is 11.6 Å². The smallest absolute Gasteiger partial charge is 0.265 e. The summed E-state index contributed by atoms with van der Waals surface area (Å²) < 4.78 is 1.60. The van der Waals surface area contributed by atoms with Gasteiger partial charge in [0.2, 0.25) is 0 Å². The van der Waals surface area contributed by atoms with E-state index in [4.69, 9.17) is 11.6 Å². The molecule has 0 aromatic rings. The normalized spacial score (nSPS) is 12.5. The maximum absolute atomic E-state index is 5.61. The lowest BCUT2D eigenvalue weighted by Gasteiger charge is -2.00. The topological polar surface area (TPSA) is 55.0 Å². The van der Waals surface area contributed by atoms with E-state index in [9.17, 15) is 0 Å². The summed E-state index contributed by atoms with van der Waals surface area (Å²) in [4.78, 5) is 0. The van der Waals surface area contributed by atoms with Gasteiger partial charge in [0.15, 0.2) is 0 Å². The molecule has 0 fully saturated rings. The summed E-state index contributed by atoms with van der Waals surface area (Å²) in [6, 6.07) is 0. The highest BCUT2D eigenvalue weighted by Gasteiger charge is 2.00. The Labute approximate surface area is 68.4 Å². The summed E-state index contributed by atoms with van der Waals surface area (Å²) in [6.45, 7) is 6.43. The van der Waals surface area contributed by atoms with Crippen molar-refractivity contribution in [2.24, 2.45) is 11.6 Å². The molecule has 3 heteroatoms. The van der Waals surface area contributed by atoms with Crippen LogP contribution in [0, 0.1) is 0 Å². The molecule has 0 aromatic carbocycles. The van der Waals surface area contributed by atoms with Gasteiger partial charge in [-0.3, -0.25) is 11.6 Å². The molecule has 0 aromatic heterocycles. The lowest BCUT2D eigenvalue weighted by Crippen LogP contribution is -2.33. The van der Waals surface area contributed by atoms with Crippen molar-refractivity contribution in [3.05, 3.63) is 12.7 Å². The van der Waals surface area contributed by atoms with Crippen LogP contribution >= 0.6 is 0 Å². The molecule has 11 heavy (non-hydrogen) atoms. The van der Waals surface area contributed by atoms with Crippen LogP contribution in [0.25, 0.3) is 0 Å². The molecule has 0 spiro atoms. The fraction of sp³-hybridized carbons (Fsp3) is 0.625. The molecule has 0 amide bonds. The minimum absolute atomic E-state index is 0.745. The minimum atomic E-state index is 0.745. The molecule has 0 aliphatic carbocycles. The number of hydrazine groups is 1. The Morgan fingerprint density at radius 3 is 2.73 bits per heavy atom. The first-order valence-electron chi connectivity index (χ1n) is 3.96. The number of nitrogens with zero attached hydrogens (tertiary/aromatic N) is 1. The molecule has 0 aliphatic rings. The lowest BCUT2D eigenvalue weighted by atomic mass is 10.3. The minimum Gasteiger partial charge on any atom is -0.289 e. The van der Waals surface area contributed by atoms with Gasteiger partial charge in [0.1, 0.15) is 6.54 Å². The van der Waals surface area contributed by atoms with E-state index < -0.39 is 0 Å². The van der Waals surface area contributed by atoms with E-state index >= 15 is 0 Å². The van der Waals surface area contributed by atoms with Gasteiger partial charge in [-0.2, -0.15) is 4.68 Å². The molecule has 3 nitrogen and oxygen atoms in total. The average molecular weight is 156 g/mol. The van der Waals surface area contributed by atoms with Crippen molar-refractivity contribution in [1.29, 1.82) is 0 Å². The van der Waals surface area contributed by atoms with Gasteiger partial charge >= 0.3 is 0 Å². The number of hydrazone groups is 1. The lowest BCUT2D eigenvalue weighted by molar-refractivity contribution is -0.542. The summed E-state index contributed by atoms with van der Waals surface area (Å²) >= 11 is 0. The second kappa shape index (κ2) is 5.77. The van der Waals surface area contributed by atoms with Crippen LogP contribution in [0.1, 0.15) is 26.2 Å². The van der Waals surface area contributed by atoms with Crippen LogP contribution in [0.15, 0.2) is 12.7 Å². The van der Waals surface area contributed by atoms with Gasteiger partial charge in [0.05, 0.1) is 0 Å². The fourth-order valence-corrected chi connectivity index (χ4v) is 0.753. The van der Waals surface area contributed by atoms with Gasteiger partial charge in [-0.1, -0.05) is 13.0 Å². The predicted octanol–water partition coefficient (Wildman–Crippen LogP) is 0.606. The maximum Gasteiger partial charge on any atom is 0.265 e. The third kappa shape index (κ3) is 4.42. The van der Waals surface area contributed by atoms with Gasteiger partial charge in [-0.15, -0.1) is 6.58 Å². The first-order valence-corrected chi connectivity index (χ1v) is 3.96. The highest BCUT2D eigenvalue weighted by molar-refractivity contribution is 5.74. The van der Waals surface area contributed by atoms with Gasteiger partial charge in [0.25, 0.3) is 5.84 Å². The van der Waals surface area contributed by atoms with Crippen molar-refractivity contribution < 1.29 is 4.68 Å². The molecule has 0 unspecified atom stereocenters. The first kappa shape index (κ1) is 10.0. The van der Waals surface area contributed by atoms with Crippen molar-refractivity contribution in [3.8, 4) is 0 Å². The van der Waals surface area contributed by atoms with Gasteiger partial charge in [-0.05, 0) is 12.8 Å². The molecule has 0 radical (unpaired) electrons. The Hall–Kier alpha value is -0.990. The Morgan fingerprint density at radius 1 is 1.64 bits per heavy atom. The molecular weight excluding hydrogens is 138 g/mol. The SMILES string of the molecule is C=CCCC/[N+](N)=C(/N)CC. The van der Waals surface area contributed by atoms with Crippen molar-refractivity contribution in [2.45, 2.75) is 26.2 Å². The van der Waals surface area contributed by atoms with E-state index in [1.807, 2.05) is 13.0 Å². The zero-order chi connectivity index (χ0) is 8.69. The van der Waals surface area contributed by atoms with Gasteiger partial charge in [-0.25, -0.2) is 0 Å². The molecule has 0 atom stereocenters. The van der Waals surface area contributed by atoms with E-state index in [2.05, 4.69) is 6.58 Å². The molecule has 64 valence electrons. The highest BCUT2D eigenvalue weighted by atomic mass is 15.3. The summed E-state index contributed by atoms with van der Waals surface area (Å²) in [5.74, 6) is 6.35. The van der Waals surface area contributed by atoms with Crippen LogP contribution in [-0.2, 0) is 0 Å². The number of amidine groups is 1. The zero-order valence-electron chi connectivity index (χ0n) is 7.21. The van der Waals surface area contributed by atoms with Gasteiger partial charge in [0, 0.05) is 6.42 Å². The quantitative estimate of drug-likeness (QED) is 0.116. The monoisotopic (exact) mass is 156 g/mol. The molecule has 0 saturated heterocycles. The van der Waals surface area contributed by atoms with Crippen LogP contribution in [0.4, 0.5) is 0 Å². The van der Waals surface area contributed by atoms with E-state index in [0.717, 1.165) is 31.6 Å². The molecular formula is C8H18N3+. The fourth-order valence-electron chi connectivity index (χ4n) is 0.753. The summed E-state index contributed by atoms with van der Waals surface area (Å²) in [5.41, 5.74) is 5.59. The second-order valence-electron chi connectivity index (χ2n) is 2.47. The van der Waals surface area contributed by atoms with Crippen molar-refractivity contribution in [3.63, 3.8) is 0 Å². The summed E-state index contributed by atoms with van der Waals surface area (Å²) in [6.07, 6.45) is 4.70.